The van der Waals surface area contributed by atoms with Gasteiger partial charge in [0.2, 0.25) is 0 Å². The summed E-state index contributed by atoms with van der Waals surface area (Å²) in [6.07, 6.45) is 3.35. The molecule has 0 saturated heterocycles. The van der Waals surface area contributed by atoms with E-state index in [0.717, 1.165) is 0 Å². The zero-order valence-electron chi connectivity index (χ0n) is 21.0. The van der Waals surface area contributed by atoms with E-state index in [4.69, 9.17) is 11.1 Å². The number of aromatic amines is 1. The predicted octanol–water partition coefficient (Wildman–Crippen LogP) is 2.12. The van der Waals surface area contributed by atoms with Crippen molar-refractivity contribution in [3.63, 3.8) is 0 Å². The number of rotatable bonds is 10. The van der Waals surface area contributed by atoms with Gasteiger partial charge in [0.05, 0.1) is 21.7 Å². The van der Waals surface area contributed by atoms with E-state index in [0.29, 0.717) is 22.9 Å². The van der Waals surface area contributed by atoms with Gasteiger partial charge < -0.3 is 40.7 Å². The molecule has 0 aliphatic carbocycles. The third kappa shape index (κ3) is 6.39. The van der Waals surface area contributed by atoms with Crippen LogP contribution in [0.2, 0.25) is 0 Å². The van der Waals surface area contributed by atoms with Crippen molar-refractivity contribution in [3.8, 4) is 0 Å². The van der Waals surface area contributed by atoms with E-state index in [1.165, 1.54) is 21.7 Å². The Balaban J connectivity index is 1.69. The number of hydrogen-bond acceptors (Lipinski definition) is 5. The van der Waals surface area contributed by atoms with Crippen LogP contribution in [0, 0.1) is 5.41 Å². The Morgan fingerprint density at radius 2 is 1.84 bits per heavy atom. The van der Waals surface area contributed by atoms with Crippen molar-refractivity contribution in [2.45, 2.75) is 6.42 Å². The summed E-state index contributed by atoms with van der Waals surface area (Å²) in [7, 11) is 4.87. The monoisotopic (exact) mass is 585 g/mol. The Morgan fingerprint density at radius 1 is 1.13 bits per heavy atom. The molecular formula is C24H28BrN9O4. The number of aryl methyl sites for hydroxylation is 1. The van der Waals surface area contributed by atoms with Gasteiger partial charge in [0, 0.05) is 46.5 Å². The maximum Gasteiger partial charge on any atom is 0.274 e. The molecule has 3 aromatic rings. The number of H-pyrrole nitrogens is 1. The second-order valence-corrected chi connectivity index (χ2v) is 9.32. The lowest BCUT2D eigenvalue weighted by Gasteiger charge is -2.14. The highest BCUT2D eigenvalue weighted by molar-refractivity contribution is 9.12. The second kappa shape index (κ2) is 11.6. The van der Waals surface area contributed by atoms with Gasteiger partial charge in [-0.1, -0.05) is 6.58 Å². The van der Waals surface area contributed by atoms with Crippen LogP contribution in [0.25, 0.3) is 0 Å². The number of amidine groups is 1. The average molecular weight is 586 g/mol. The standard InChI is InChI=1S/C24H28BrN9O4/c1-13(25)21(35)30-14-9-16(29-11-14)24(38)33(3)15-10-18(32(2)12-15)23(37)31-20-6-5-17(34(20)4)22(36)28-8-7-19(26)27/h5-6,9-12,29H,1,7-8H2,2-4H3,(H3,26,27)(H,28,36)(H,30,35)(H,31,37). The number of carbonyl (C=O) groups excluding carboxylic acids is 4. The molecule has 14 heteroatoms. The summed E-state index contributed by atoms with van der Waals surface area (Å²) in [4.78, 5) is 54.3. The minimum Gasteiger partial charge on any atom is -0.388 e. The highest BCUT2D eigenvalue weighted by atomic mass is 79.9. The van der Waals surface area contributed by atoms with E-state index in [2.05, 4.69) is 43.4 Å². The smallest absolute Gasteiger partial charge is 0.274 e. The number of anilines is 3. The van der Waals surface area contributed by atoms with Gasteiger partial charge >= 0.3 is 0 Å². The van der Waals surface area contributed by atoms with Crippen LogP contribution in [0.1, 0.15) is 37.9 Å². The predicted molar refractivity (Wildman–Crippen MR) is 148 cm³/mol. The van der Waals surface area contributed by atoms with Crippen LogP contribution in [0.5, 0.6) is 0 Å². The van der Waals surface area contributed by atoms with Gasteiger partial charge in [0.1, 0.15) is 22.9 Å². The molecule has 0 radical (unpaired) electrons. The lowest BCUT2D eigenvalue weighted by molar-refractivity contribution is -0.112. The van der Waals surface area contributed by atoms with Crippen LogP contribution < -0.4 is 26.6 Å². The van der Waals surface area contributed by atoms with Crippen molar-refractivity contribution in [1.29, 1.82) is 5.41 Å². The minimum absolute atomic E-state index is 0.0255. The summed E-state index contributed by atoms with van der Waals surface area (Å²) in [5.74, 6) is -1.25. The second-order valence-electron chi connectivity index (χ2n) is 8.37. The first kappa shape index (κ1) is 28.0. The SMILES string of the molecule is C=C(Br)C(=O)Nc1c[nH]c(C(=O)N(C)c2cc(C(=O)Nc3ccc(C(=O)NCCC(=N)N)n3C)n(C)c2)c1. The average Bonchev–Trinajstić information content (AvgIpc) is 3.57. The van der Waals surface area contributed by atoms with E-state index in [9.17, 15) is 19.2 Å². The van der Waals surface area contributed by atoms with Crippen molar-refractivity contribution in [2.24, 2.45) is 19.8 Å². The minimum atomic E-state index is -0.441. The lowest BCUT2D eigenvalue weighted by atomic mass is 10.3. The van der Waals surface area contributed by atoms with E-state index in [1.807, 2.05) is 0 Å². The van der Waals surface area contributed by atoms with Crippen molar-refractivity contribution in [3.05, 3.63) is 64.8 Å². The van der Waals surface area contributed by atoms with Gasteiger partial charge in [-0.15, -0.1) is 0 Å². The molecule has 4 amide bonds. The number of carbonyl (C=O) groups is 4. The first-order chi connectivity index (χ1) is 17.9. The molecule has 0 aliphatic rings. The molecule has 3 rings (SSSR count). The number of aromatic nitrogens is 3. The maximum absolute atomic E-state index is 13.0. The Morgan fingerprint density at radius 3 is 2.50 bits per heavy atom. The largest absolute Gasteiger partial charge is 0.388 e. The molecule has 0 fully saturated rings. The highest BCUT2D eigenvalue weighted by Crippen LogP contribution is 2.22. The Kier molecular flexibility index (Phi) is 8.57. The van der Waals surface area contributed by atoms with Gasteiger partial charge in [-0.05, 0) is 40.2 Å². The number of amides is 4. The third-order valence-corrected chi connectivity index (χ3v) is 5.97. The van der Waals surface area contributed by atoms with Crippen LogP contribution in [0.15, 0.2) is 47.7 Å². The summed E-state index contributed by atoms with van der Waals surface area (Å²) >= 11 is 3.00. The molecule has 3 aromatic heterocycles. The molecule has 0 saturated carbocycles. The van der Waals surface area contributed by atoms with E-state index in [1.54, 1.807) is 50.1 Å². The highest BCUT2D eigenvalue weighted by Gasteiger charge is 2.21. The Bertz CT molecular complexity index is 1430. The van der Waals surface area contributed by atoms with E-state index >= 15 is 0 Å². The van der Waals surface area contributed by atoms with Gasteiger partial charge in [0.15, 0.2) is 0 Å². The molecule has 0 aliphatic heterocycles. The van der Waals surface area contributed by atoms with Crippen LogP contribution in [0.3, 0.4) is 0 Å². The molecule has 0 spiro atoms. The zero-order valence-corrected chi connectivity index (χ0v) is 22.6. The molecule has 0 aromatic carbocycles. The Labute approximate surface area is 226 Å². The molecule has 3 heterocycles. The van der Waals surface area contributed by atoms with Gasteiger partial charge in [-0.2, -0.15) is 0 Å². The van der Waals surface area contributed by atoms with Crippen LogP contribution >= 0.6 is 15.9 Å². The van der Waals surface area contributed by atoms with E-state index in [-0.39, 0.29) is 46.5 Å². The van der Waals surface area contributed by atoms with Gasteiger partial charge in [-0.3, -0.25) is 24.6 Å². The molecule has 0 atom stereocenters. The molecule has 13 nitrogen and oxygen atoms in total. The zero-order chi connectivity index (χ0) is 28.1. The summed E-state index contributed by atoms with van der Waals surface area (Å²) in [6.45, 7) is 3.72. The van der Waals surface area contributed by atoms with Gasteiger partial charge in [-0.25, -0.2) is 0 Å². The molecule has 38 heavy (non-hydrogen) atoms. The number of nitrogens with zero attached hydrogens (tertiary/aromatic N) is 3. The number of nitrogens with one attached hydrogen (secondary N) is 5. The normalized spacial score (nSPS) is 10.5. The maximum atomic E-state index is 13.0. The number of hydrogen-bond donors (Lipinski definition) is 6. The first-order valence-electron chi connectivity index (χ1n) is 11.3. The fourth-order valence-corrected chi connectivity index (χ4v) is 3.59. The van der Waals surface area contributed by atoms with Gasteiger partial charge in [0.25, 0.3) is 23.6 Å². The number of nitrogens with two attached hydrogens (primary N) is 1. The summed E-state index contributed by atoms with van der Waals surface area (Å²) in [5.41, 5.74) is 7.00. The Hall–Kier alpha value is -4.59. The summed E-state index contributed by atoms with van der Waals surface area (Å²) < 4.78 is 3.26. The van der Waals surface area contributed by atoms with Crippen molar-refractivity contribution >= 4 is 62.6 Å². The quantitative estimate of drug-likeness (QED) is 0.121. The van der Waals surface area contributed by atoms with Crippen molar-refractivity contribution in [1.82, 2.24) is 19.4 Å². The first-order valence-corrected chi connectivity index (χ1v) is 12.0. The van der Waals surface area contributed by atoms with Crippen LogP contribution in [-0.2, 0) is 18.9 Å². The molecule has 0 bridgehead atoms. The van der Waals surface area contributed by atoms with E-state index < -0.39 is 11.8 Å². The summed E-state index contributed by atoms with van der Waals surface area (Å²) in [5, 5.41) is 15.3. The number of halogens is 1. The van der Waals surface area contributed by atoms with Crippen LogP contribution in [0.4, 0.5) is 17.2 Å². The fraction of sp³-hybridized carbons (Fsp3) is 0.208. The molecule has 7 N–H and O–H groups in total. The van der Waals surface area contributed by atoms with Crippen molar-refractivity contribution in [2.75, 3.05) is 29.1 Å². The molecule has 0 unspecified atom stereocenters. The topological polar surface area (TPSA) is 183 Å². The van der Waals surface area contributed by atoms with Crippen LogP contribution in [-0.4, -0.2) is 57.2 Å². The van der Waals surface area contributed by atoms with Crippen molar-refractivity contribution < 1.29 is 19.2 Å². The molecular weight excluding hydrogens is 558 g/mol. The lowest BCUT2D eigenvalue weighted by Crippen LogP contribution is -2.29. The third-order valence-electron chi connectivity index (χ3n) is 5.61. The fourth-order valence-electron chi connectivity index (χ4n) is 3.49. The summed E-state index contributed by atoms with van der Waals surface area (Å²) in [6, 6.07) is 6.23. The molecule has 200 valence electrons.